The van der Waals surface area contributed by atoms with E-state index in [9.17, 15) is 19.5 Å². The second-order valence-electron chi connectivity index (χ2n) is 6.38. The number of para-hydroxylation sites is 2. The monoisotopic (exact) mass is 390 g/mol. The molecule has 0 aliphatic rings. The predicted molar refractivity (Wildman–Crippen MR) is 106 cm³/mol. The minimum atomic E-state index is -1.35. The summed E-state index contributed by atoms with van der Waals surface area (Å²) in [5.74, 6) is -2.20. The number of hydrogen-bond donors (Lipinski definition) is 1. The maximum absolute atomic E-state index is 12.5. The number of rotatable bonds is 5. The van der Waals surface area contributed by atoms with Gasteiger partial charge in [0.1, 0.15) is 11.5 Å². The summed E-state index contributed by atoms with van der Waals surface area (Å²) in [4.78, 5) is 36.6. The molecule has 0 saturated heterocycles. The van der Waals surface area contributed by atoms with E-state index in [1.54, 1.807) is 56.3 Å². The minimum Gasteiger partial charge on any atom is -0.478 e. The highest BCUT2D eigenvalue weighted by molar-refractivity contribution is 6.05. The Bertz CT molecular complexity index is 1100. The van der Waals surface area contributed by atoms with Crippen LogP contribution in [0.25, 0.3) is 0 Å². The number of carboxylic acids is 1. The number of hydrogen-bond acceptors (Lipinski definition) is 5. The molecule has 0 fully saturated rings. The quantitative estimate of drug-likeness (QED) is 0.512. The van der Waals surface area contributed by atoms with Crippen molar-refractivity contribution in [1.82, 2.24) is 0 Å². The summed E-state index contributed by atoms with van der Waals surface area (Å²) >= 11 is 0. The molecule has 1 N–H and O–H groups in total. The summed E-state index contributed by atoms with van der Waals surface area (Å²) in [6, 6.07) is 17.5. The Labute approximate surface area is 167 Å². The molecule has 6 nitrogen and oxygen atoms in total. The third kappa shape index (κ3) is 4.50. The molecule has 3 aromatic carbocycles. The van der Waals surface area contributed by atoms with Crippen molar-refractivity contribution in [2.75, 3.05) is 0 Å². The molecule has 0 aliphatic heterocycles. The van der Waals surface area contributed by atoms with E-state index in [-0.39, 0.29) is 16.7 Å². The van der Waals surface area contributed by atoms with Gasteiger partial charge in [-0.15, -0.1) is 0 Å². The molecular weight excluding hydrogens is 372 g/mol. The molecule has 0 aliphatic carbocycles. The van der Waals surface area contributed by atoms with Crippen molar-refractivity contribution in [2.45, 2.75) is 13.8 Å². The van der Waals surface area contributed by atoms with Gasteiger partial charge in [-0.3, -0.25) is 0 Å². The van der Waals surface area contributed by atoms with Crippen LogP contribution in [0, 0.1) is 13.8 Å². The zero-order valence-corrected chi connectivity index (χ0v) is 15.8. The molecule has 29 heavy (non-hydrogen) atoms. The van der Waals surface area contributed by atoms with Crippen molar-refractivity contribution < 1.29 is 29.0 Å². The van der Waals surface area contributed by atoms with Crippen LogP contribution in [-0.2, 0) is 0 Å². The Morgan fingerprint density at radius 3 is 1.72 bits per heavy atom. The van der Waals surface area contributed by atoms with Crippen molar-refractivity contribution in [3.63, 3.8) is 0 Å². The molecule has 6 heteroatoms. The number of carboxylic acid groups (broad SMARTS) is 1. The first kappa shape index (κ1) is 19.8. The summed E-state index contributed by atoms with van der Waals surface area (Å²) in [6.07, 6.45) is 0. The number of esters is 2. The largest absolute Gasteiger partial charge is 0.478 e. The van der Waals surface area contributed by atoms with Gasteiger partial charge < -0.3 is 14.6 Å². The van der Waals surface area contributed by atoms with Crippen LogP contribution in [0.5, 0.6) is 11.5 Å². The summed E-state index contributed by atoms with van der Waals surface area (Å²) in [5.41, 5.74) is 1.00. The van der Waals surface area contributed by atoms with E-state index in [4.69, 9.17) is 9.47 Å². The molecule has 3 rings (SSSR count). The lowest BCUT2D eigenvalue weighted by Crippen LogP contribution is -2.17. The molecule has 0 bridgehead atoms. The maximum Gasteiger partial charge on any atom is 0.344 e. The van der Waals surface area contributed by atoms with Crippen molar-refractivity contribution in [1.29, 1.82) is 0 Å². The third-order valence-corrected chi connectivity index (χ3v) is 4.30. The molecule has 0 amide bonds. The van der Waals surface area contributed by atoms with Gasteiger partial charge in [0.15, 0.2) is 0 Å². The zero-order valence-electron chi connectivity index (χ0n) is 15.8. The molecule has 0 spiro atoms. The first-order chi connectivity index (χ1) is 13.9. The highest BCUT2D eigenvalue weighted by Crippen LogP contribution is 2.22. The van der Waals surface area contributed by atoms with Gasteiger partial charge in [0, 0.05) is 0 Å². The van der Waals surface area contributed by atoms with E-state index in [1.807, 2.05) is 6.07 Å². The van der Waals surface area contributed by atoms with E-state index >= 15 is 0 Å². The number of aromatic carboxylic acids is 1. The minimum absolute atomic E-state index is 0.0121. The van der Waals surface area contributed by atoms with Crippen LogP contribution >= 0.6 is 0 Å². The molecule has 3 aromatic rings. The van der Waals surface area contributed by atoms with Gasteiger partial charge in [-0.1, -0.05) is 36.4 Å². The standard InChI is InChI=1S/C23H18O6/c1-14-7-3-5-9-19(14)28-22(26)16-11-12-17(18(13-16)21(24)25)23(27)29-20-10-6-4-8-15(20)2/h3-13H,1-2H3,(H,24,25). The van der Waals surface area contributed by atoms with E-state index in [0.29, 0.717) is 11.5 Å². The molecule has 146 valence electrons. The Balaban J connectivity index is 1.88. The number of benzene rings is 3. The van der Waals surface area contributed by atoms with E-state index < -0.39 is 17.9 Å². The van der Waals surface area contributed by atoms with Gasteiger partial charge in [0.05, 0.1) is 16.7 Å². The summed E-state index contributed by atoms with van der Waals surface area (Å²) in [7, 11) is 0. The second kappa shape index (κ2) is 8.39. The van der Waals surface area contributed by atoms with E-state index in [2.05, 4.69) is 0 Å². The topological polar surface area (TPSA) is 89.9 Å². The van der Waals surface area contributed by atoms with Gasteiger partial charge in [-0.25, -0.2) is 14.4 Å². The third-order valence-electron chi connectivity index (χ3n) is 4.30. The van der Waals surface area contributed by atoms with Crippen LogP contribution in [0.2, 0.25) is 0 Å². The van der Waals surface area contributed by atoms with Gasteiger partial charge in [0.2, 0.25) is 0 Å². The fraction of sp³-hybridized carbons (Fsp3) is 0.0870. The van der Waals surface area contributed by atoms with Crippen molar-refractivity contribution in [2.24, 2.45) is 0 Å². The van der Waals surface area contributed by atoms with Gasteiger partial charge in [0.25, 0.3) is 0 Å². The molecule has 0 atom stereocenters. The fourth-order valence-corrected chi connectivity index (χ4v) is 2.68. The van der Waals surface area contributed by atoms with Crippen LogP contribution in [0.3, 0.4) is 0 Å². The predicted octanol–water partition coefficient (Wildman–Crippen LogP) is 4.44. The average molecular weight is 390 g/mol. The Hall–Kier alpha value is -3.93. The van der Waals surface area contributed by atoms with Crippen molar-refractivity contribution in [3.8, 4) is 11.5 Å². The highest BCUT2D eigenvalue weighted by atomic mass is 16.5. The molecule has 0 unspecified atom stereocenters. The molecule has 0 radical (unpaired) electrons. The first-order valence-corrected chi connectivity index (χ1v) is 8.80. The lowest BCUT2D eigenvalue weighted by atomic mass is 10.0. The van der Waals surface area contributed by atoms with Crippen LogP contribution in [0.15, 0.2) is 66.7 Å². The van der Waals surface area contributed by atoms with Crippen LogP contribution < -0.4 is 9.47 Å². The SMILES string of the molecule is Cc1ccccc1OC(=O)c1ccc(C(=O)Oc2ccccc2C)c(C(=O)O)c1. The molecule has 0 aromatic heterocycles. The molecule has 0 heterocycles. The lowest BCUT2D eigenvalue weighted by Gasteiger charge is -2.11. The lowest BCUT2D eigenvalue weighted by molar-refractivity contribution is 0.0666. The normalized spacial score (nSPS) is 10.3. The smallest absolute Gasteiger partial charge is 0.344 e. The number of carbonyl (C=O) groups excluding carboxylic acids is 2. The van der Waals surface area contributed by atoms with Crippen LogP contribution in [-0.4, -0.2) is 23.0 Å². The number of aryl methyl sites for hydroxylation is 2. The fourth-order valence-electron chi connectivity index (χ4n) is 2.68. The maximum atomic E-state index is 12.5. The van der Waals surface area contributed by atoms with E-state index in [0.717, 1.165) is 17.2 Å². The Morgan fingerprint density at radius 1 is 0.690 bits per heavy atom. The van der Waals surface area contributed by atoms with Gasteiger partial charge in [-0.05, 0) is 55.3 Å². The summed E-state index contributed by atoms with van der Waals surface area (Å²) < 4.78 is 10.6. The molecule has 0 saturated carbocycles. The average Bonchev–Trinajstić information content (AvgIpc) is 2.70. The van der Waals surface area contributed by atoms with Crippen LogP contribution in [0.1, 0.15) is 42.2 Å². The Morgan fingerprint density at radius 2 is 1.21 bits per heavy atom. The Kier molecular flexibility index (Phi) is 5.74. The zero-order chi connectivity index (χ0) is 21.0. The number of ether oxygens (including phenoxy) is 2. The first-order valence-electron chi connectivity index (χ1n) is 8.80. The second-order valence-corrected chi connectivity index (χ2v) is 6.38. The van der Waals surface area contributed by atoms with Crippen LogP contribution in [0.4, 0.5) is 0 Å². The van der Waals surface area contributed by atoms with Gasteiger partial charge >= 0.3 is 17.9 Å². The number of carbonyl (C=O) groups is 3. The van der Waals surface area contributed by atoms with E-state index in [1.165, 1.54) is 12.1 Å². The summed E-state index contributed by atoms with van der Waals surface area (Å²) in [6.45, 7) is 3.56. The molecular formula is C23H18O6. The van der Waals surface area contributed by atoms with Gasteiger partial charge in [-0.2, -0.15) is 0 Å². The van der Waals surface area contributed by atoms with Crippen molar-refractivity contribution >= 4 is 17.9 Å². The highest BCUT2D eigenvalue weighted by Gasteiger charge is 2.22. The summed E-state index contributed by atoms with van der Waals surface area (Å²) in [5, 5.41) is 9.52. The van der Waals surface area contributed by atoms with Crippen molar-refractivity contribution in [3.05, 3.63) is 94.5 Å².